The highest BCUT2D eigenvalue weighted by Crippen LogP contribution is 2.15. The minimum absolute atomic E-state index is 0.0837. The van der Waals surface area contributed by atoms with E-state index in [0.29, 0.717) is 6.54 Å². The molecule has 1 unspecified atom stereocenters. The van der Waals surface area contributed by atoms with E-state index in [9.17, 15) is 0 Å². The fraction of sp³-hybridized carbons (Fsp3) is 0.455. The van der Waals surface area contributed by atoms with Crippen molar-refractivity contribution in [3.63, 3.8) is 0 Å². The molecule has 0 aliphatic rings. The van der Waals surface area contributed by atoms with Crippen LogP contribution >= 0.6 is 0 Å². The van der Waals surface area contributed by atoms with Gasteiger partial charge in [-0.2, -0.15) is 0 Å². The van der Waals surface area contributed by atoms with Gasteiger partial charge < -0.3 is 15.5 Å². The van der Waals surface area contributed by atoms with Crippen molar-refractivity contribution in [1.29, 1.82) is 0 Å². The third-order valence-corrected chi connectivity index (χ3v) is 1.99. The van der Waals surface area contributed by atoms with Crippen molar-refractivity contribution in [1.82, 2.24) is 5.32 Å². The van der Waals surface area contributed by atoms with Crippen LogP contribution in [0.15, 0.2) is 28.7 Å². The molecular weight excluding hydrogens is 176 g/mol. The Morgan fingerprint density at radius 3 is 2.79 bits per heavy atom. The summed E-state index contributed by atoms with van der Waals surface area (Å²) in [6, 6.07) is 3.99. The molecule has 3 nitrogen and oxygen atoms in total. The van der Waals surface area contributed by atoms with Crippen molar-refractivity contribution in [3.8, 4) is 0 Å². The predicted molar refractivity (Wildman–Crippen MR) is 58.1 cm³/mol. The molecule has 0 aliphatic carbocycles. The van der Waals surface area contributed by atoms with Crippen molar-refractivity contribution in [2.75, 3.05) is 13.1 Å². The van der Waals surface area contributed by atoms with Gasteiger partial charge in [0.05, 0.1) is 6.04 Å². The van der Waals surface area contributed by atoms with Gasteiger partial charge in [0.2, 0.25) is 0 Å². The van der Waals surface area contributed by atoms with Crippen molar-refractivity contribution in [2.24, 2.45) is 5.73 Å². The van der Waals surface area contributed by atoms with Gasteiger partial charge in [-0.1, -0.05) is 12.2 Å². The van der Waals surface area contributed by atoms with Crippen LogP contribution in [0.2, 0.25) is 0 Å². The van der Waals surface area contributed by atoms with Crippen LogP contribution < -0.4 is 11.1 Å². The van der Waals surface area contributed by atoms with Crippen molar-refractivity contribution >= 4 is 0 Å². The summed E-state index contributed by atoms with van der Waals surface area (Å²) in [7, 11) is 0. The lowest BCUT2D eigenvalue weighted by atomic mass is 10.2. The monoisotopic (exact) mass is 194 g/mol. The van der Waals surface area contributed by atoms with Gasteiger partial charge in [-0.15, -0.1) is 0 Å². The number of rotatable bonds is 5. The molecule has 0 saturated carbocycles. The quantitative estimate of drug-likeness (QED) is 0.702. The van der Waals surface area contributed by atoms with Gasteiger partial charge in [0.1, 0.15) is 11.5 Å². The summed E-state index contributed by atoms with van der Waals surface area (Å²) in [4.78, 5) is 0. The fourth-order valence-corrected chi connectivity index (χ4v) is 1.24. The zero-order valence-electron chi connectivity index (χ0n) is 8.84. The van der Waals surface area contributed by atoms with E-state index in [1.54, 1.807) is 0 Å². The van der Waals surface area contributed by atoms with Gasteiger partial charge in [0.15, 0.2) is 0 Å². The molecule has 0 amide bonds. The summed E-state index contributed by atoms with van der Waals surface area (Å²) in [5.74, 6) is 1.81. The summed E-state index contributed by atoms with van der Waals surface area (Å²) in [6.45, 7) is 9.03. The molecule has 14 heavy (non-hydrogen) atoms. The van der Waals surface area contributed by atoms with E-state index in [1.165, 1.54) is 0 Å². The molecular formula is C11H18N2O. The maximum Gasteiger partial charge on any atom is 0.122 e. The lowest BCUT2D eigenvalue weighted by molar-refractivity contribution is 0.412. The number of hydrogen-bond donors (Lipinski definition) is 2. The Morgan fingerprint density at radius 2 is 2.36 bits per heavy atom. The molecule has 1 rings (SSSR count). The number of aryl methyl sites for hydroxylation is 1. The van der Waals surface area contributed by atoms with Crippen LogP contribution in [-0.4, -0.2) is 13.1 Å². The van der Waals surface area contributed by atoms with E-state index in [-0.39, 0.29) is 6.04 Å². The molecule has 78 valence electrons. The summed E-state index contributed by atoms with van der Waals surface area (Å²) in [5, 5.41) is 3.28. The highest BCUT2D eigenvalue weighted by molar-refractivity contribution is 5.10. The van der Waals surface area contributed by atoms with Crippen LogP contribution in [0.25, 0.3) is 0 Å². The second kappa shape index (κ2) is 4.98. The summed E-state index contributed by atoms with van der Waals surface area (Å²) >= 11 is 0. The van der Waals surface area contributed by atoms with Gasteiger partial charge >= 0.3 is 0 Å². The highest BCUT2D eigenvalue weighted by atomic mass is 16.3. The number of nitrogens with one attached hydrogen (secondary N) is 1. The molecule has 1 heterocycles. The largest absolute Gasteiger partial charge is 0.465 e. The first-order valence-electron chi connectivity index (χ1n) is 4.77. The Hall–Kier alpha value is -1.06. The van der Waals surface area contributed by atoms with Crippen LogP contribution in [0.4, 0.5) is 0 Å². The van der Waals surface area contributed by atoms with E-state index in [2.05, 4.69) is 11.9 Å². The third kappa shape index (κ3) is 3.01. The second-order valence-electron chi connectivity index (χ2n) is 3.57. The van der Waals surface area contributed by atoms with Crippen LogP contribution in [0.3, 0.4) is 0 Å². The molecule has 1 aromatic heterocycles. The minimum atomic E-state index is 0.0837. The van der Waals surface area contributed by atoms with E-state index in [1.807, 2.05) is 26.0 Å². The molecule has 3 N–H and O–H groups in total. The Labute approximate surface area is 85.0 Å². The first-order chi connectivity index (χ1) is 6.63. The van der Waals surface area contributed by atoms with Gasteiger partial charge in [-0.25, -0.2) is 0 Å². The van der Waals surface area contributed by atoms with Crippen LogP contribution in [0.5, 0.6) is 0 Å². The third-order valence-electron chi connectivity index (χ3n) is 1.99. The predicted octanol–water partition coefficient (Wildman–Crippen LogP) is 1.75. The molecule has 1 atom stereocenters. The first-order valence-corrected chi connectivity index (χ1v) is 4.77. The minimum Gasteiger partial charge on any atom is -0.465 e. The molecule has 3 heteroatoms. The summed E-state index contributed by atoms with van der Waals surface area (Å²) in [6.07, 6.45) is 0. The van der Waals surface area contributed by atoms with Crippen molar-refractivity contribution in [3.05, 3.63) is 35.8 Å². The first kappa shape index (κ1) is 11.0. The zero-order valence-corrected chi connectivity index (χ0v) is 8.84. The molecule has 0 spiro atoms. The Balaban J connectivity index is 2.58. The average Bonchev–Trinajstić information content (AvgIpc) is 2.53. The SMILES string of the molecule is C=C(C)CNC(CN)c1ccc(C)o1. The maximum absolute atomic E-state index is 5.65. The number of hydrogen-bond acceptors (Lipinski definition) is 3. The number of furan rings is 1. The standard InChI is InChI=1S/C11H18N2O/c1-8(2)7-13-10(6-12)11-5-4-9(3)14-11/h4-5,10,13H,1,6-7,12H2,2-3H3. The maximum atomic E-state index is 5.65. The van der Waals surface area contributed by atoms with E-state index in [4.69, 9.17) is 10.2 Å². The number of nitrogens with two attached hydrogens (primary N) is 1. The molecule has 0 aliphatic heterocycles. The lowest BCUT2D eigenvalue weighted by Gasteiger charge is -2.14. The van der Waals surface area contributed by atoms with Gasteiger partial charge in [0.25, 0.3) is 0 Å². The lowest BCUT2D eigenvalue weighted by Crippen LogP contribution is -2.28. The molecule has 0 saturated heterocycles. The van der Waals surface area contributed by atoms with E-state index < -0.39 is 0 Å². The fourth-order valence-electron chi connectivity index (χ4n) is 1.24. The zero-order chi connectivity index (χ0) is 10.6. The topological polar surface area (TPSA) is 51.2 Å². The molecule has 1 aromatic rings. The Morgan fingerprint density at radius 1 is 1.64 bits per heavy atom. The highest BCUT2D eigenvalue weighted by Gasteiger charge is 2.11. The molecule has 0 radical (unpaired) electrons. The summed E-state index contributed by atoms with van der Waals surface area (Å²) < 4.78 is 5.50. The smallest absolute Gasteiger partial charge is 0.122 e. The Kier molecular flexibility index (Phi) is 3.92. The molecule has 0 aromatic carbocycles. The van der Waals surface area contributed by atoms with Gasteiger partial charge in [-0.3, -0.25) is 0 Å². The van der Waals surface area contributed by atoms with Gasteiger partial charge in [0, 0.05) is 13.1 Å². The van der Waals surface area contributed by atoms with Crippen LogP contribution in [0, 0.1) is 6.92 Å². The van der Waals surface area contributed by atoms with Crippen molar-refractivity contribution in [2.45, 2.75) is 19.9 Å². The van der Waals surface area contributed by atoms with Crippen LogP contribution in [0.1, 0.15) is 24.5 Å². The molecule has 0 bridgehead atoms. The van der Waals surface area contributed by atoms with Crippen LogP contribution in [-0.2, 0) is 0 Å². The van der Waals surface area contributed by atoms with Gasteiger partial charge in [-0.05, 0) is 26.0 Å². The van der Waals surface area contributed by atoms with E-state index in [0.717, 1.165) is 23.6 Å². The normalized spacial score (nSPS) is 12.8. The second-order valence-corrected chi connectivity index (χ2v) is 3.57. The Bertz CT molecular complexity index is 304. The molecule has 0 fully saturated rings. The van der Waals surface area contributed by atoms with Crippen molar-refractivity contribution < 1.29 is 4.42 Å². The summed E-state index contributed by atoms with van der Waals surface area (Å²) in [5.41, 5.74) is 6.74. The van der Waals surface area contributed by atoms with E-state index >= 15 is 0 Å². The average molecular weight is 194 g/mol.